The maximum Gasteiger partial charge on any atom is 0.255 e. The van der Waals surface area contributed by atoms with Crippen molar-refractivity contribution in [1.29, 1.82) is 0 Å². The average molecular weight is 549 g/mol. The Hall–Kier alpha value is -4.89. The Morgan fingerprint density at radius 2 is 1.78 bits per heavy atom. The third kappa shape index (κ3) is 5.31. The maximum absolute atomic E-state index is 13.2. The monoisotopic (exact) mass is 548 g/mol. The Kier molecular flexibility index (Phi) is 7.03. The maximum atomic E-state index is 13.2. The van der Waals surface area contributed by atoms with Crippen LogP contribution in [-0.2, 0) is 0 Å². The molecular formula is C32H32N6O3. The second kappa shape index (κ2) is 10.9. The lowest BCUT2D eigenvalue weighted by molar-refractivity contribution is 0.102. The predicted molar refractivity (Wildman–Crippen MR) is 162 cm³/mol. The van der Waals surface area contributed by atoms with Gasteiger partial charge in [-0.15, -0.1) is 0 Å². The number of aryl methyl sites for hydroxylation is 1. The summed E-state index contributed by atoms with van der Waals surface area (Å²) in [5.41, 5.74) is 6.89. The molecule has 9 heteroatoms. The number of anilines is 2. The molecule has 3 heterocycles. The van der Waals surface area contributed by atoms with E-state index in [1.54, 1.807) is 25.4 Å². The Morgan fingerprint density at radius 1 is 1.00 bits per heavy atom. The summed E-state index contributed by atoms with van der Waals surface area (Å²) >= 11 is 0. The number of piperazine rings is 1. The van der Waals surface area contributed by atoms with Crippen molar-refractivity contribution in [1.82, 2.24) is 19.9 Å². The molecule has 0 aliphatic carbocycles. The van der Waals surface area contributed by atoms with Gasteiger partial charge >= 0.3 is 0 Å². The molecule has 6 rings (SSSR count). The van der Waals surface area contributed by atoms with E-state index >= 15 is 0 Å². The number of carbonyl (C=O) groups excluding carboxylic acids is 1. The first-order valence-corrected chi connectivity index (χ1v) is 13.6. The van der Waals surface area contributed by atoms with Crippen LogP contribution in [0.15, 0.2) is 72.9 Å². The minimum Gasteiger partial charge on any atom is -0.507 e. The number of aromatic amines is 1. The van der Waals surface area contributed by atoms with Gasteiger partial charge in [-0.05, 0) is 85.8 Å². The number of rotatable bonds is 6. The first-order chi connectivity index (χ1) is 19.9. The van der Waals surface area contributed by atoms with Crippen LogP contribution in [0.1, 0.15) is 15.9 Å². The van der Waals surface area contributed by atoms with E-state index < -0.39 is 0 Å². The summed E-state index contributed by atoms with van der Waals surface area (Å²) in [5.74, 6) is 0.884. The molecule has 0 bridgehead atoms. The van der Waals surface area contributed by atoms with Crippen LogP contribution in [0.4, 0.5) is 11.4 Å². The zero-order valence-corrected chi connectivity index (χ0v) is 23.3. The molecule has 41 heavy (non-hydrogen) atoms. The van der Waals surface area contributed by atoms with E-state index in [0.29, 0.717) is 28.3 Å². The zero-order chi connectivity index (χ0) is 28.5. The first kappa shape index (κ1) is 26.3. The summed E-state index contributed by atoms with van der Waals surface area (Å²) < 4.78 is 5.42. The SMILES string of the molecule is COc1ncccc1-c1ccc(O)c(-c2nc3c(C)cc(C(=O)Nc4ccc(N5CCN(C)CC5)cc4)cc3[nH]2)c1. The van der Waals surface area contributed by atoms with E-state index in [4.69, 9.17) is 9.72 Å². The van der Waals surface area contributed by atoms with Gasteiger partial charge in [-0.1, -0.05) is 6.07 Å². The molecule has 1 aliphatic rings. The number of hydrogen-bond acceptors (Lipinski definition) is 7. The quantitative estimate of drug-likeness (QED) is 0.264. The fourth-order valence-corrected chi connectivity index (χ4v) is 5.24. The predicted octanol–water partition coefficient (Wildman–Crippen LogP) is 5.32. The van der Waals surface area contributed by atoms with Gasteiger partial charge in [-0.3, -0.25) is 4.79 Å². The number of aromatic hydroxyl groups is 1. The van der Waals surface area contributed by atoms with Gasteiger partial charge in [0.05, 0.1) is 23.7 Å². The number of imidazole rings is 1. The Morgan fingerprint density at radius 3 is 2.54 bits per heavy atom. The number of likely N-dealkylation sites (N-methyl/N-ethyl adjacent to an activating group) is 1. The first-order valence-electron chi connectivity index (χ1n) is 13.6. The van der Waals surface area contributed by atoms with Crippen LogP contribution >= 0.6 is 0 Å². The van der Waals surface area contributed by atoms with Crippen LogP contribution in [0, 0.1) is 6.92 Å². The van der Waals surface area contributed by atoms with Gasteiger partial charge in [0.1, 0.15) is 11.6 Å². The summed E-state index contributed by atoms with van der Waals surface area (Å²) in [7, 11) is 3.72. The second-order valence-corrected chi connectivity index (χ2v) is 10.4. The van der Waals surface area contributed by atoms with Crippen LogP contribution in [0.2, 0.25) is 0 Å². The van der Waals surface area contributed by atoms with E-state index in [0.717, 1.165) is 59.8 Å². The number of nitrogens with zero attached hydrogens (tertiary/aromatic N) is 4. The number of phenolic OH excluding ortho intramolecular Hbond substituents is 1. The number of nitrogens with one attached hydrogen (secondary N) is 2. The van der Waals surface area contributed by atoms with Gasteiger partial charge in [-0.25, -0.2) is 9.97 Å². The molecule has 3 N–H and O–H groups in total. The van der Waals surface area contributed by atoms with Gasteiger partial charge < -0.3 is 29.9 Å². The zero-order valence-electron chi connectivity index (χ0n) is 23.3. The number of ether oxygens (including phenoxy) is 1. The molecule has 0 saturated carbocycles. The molecule has 1 saturated heterocycles. The number of phenols is 1. The van der Waals surface area contributed by atoms with E-state index in [2.05, 4.69) is 44.3 Å². The molecule has 1 aliphatic heterocycles. The fourth-order valence-electron chi connectivity index (χ4n) is 5.24. The molecule has 0 unspecified atom stereocenters. The van der Waals surface area contributed by atoms with Crippen LogP contribution in [0.25, 0.3) is 33.5 Å². The normalized spacial score (nSPS) is 13.9. The Labute approximate surface area is 238 Å². The van der Waals surface area contributed by atoms with E-state index in [1.165, 1.54) is 0 Å². The fraction of sp³-hybridized carbons (Fsp3) is 0.219. The number of pyridine rings is 1. The van der Waals surface area contributed by atoms with E-state index in [9.17, 15) is 9.90 Å². The van der Waals surface area contributed by atoms with Gasteiger partial charge in [0.15, 0.2) is 0 Å². The number of hydrogen-bond donors (Lipinski definition) is 3. The van der Waals surface area contributed by atoms with Gasteiger partial charge in [0.2, 0.25) is 5.88 Å². The molecule has 1 fully saturated rings. The smallest absolute Gasteiger partial charge is 0.255 e. The summed E-state index contributed by atoms with van der Waals surface area (Å²) in [6, 6.07) is 20.7. The molecule has 1 amide bonds. The van der Waals surface area contributed by atoms with Crippen molar-refractivity contribution in [2.75, 3.05) is 50.6 Å². The van der Waals surface area contributed by atoms with Crippen molar-refractivity contribution in [2.24, 2.45) is 0 Å². The van der Waals surface area contributed by atoms with Gasteiger partial charge in [-0.2, -0.15) is 0 Å². The van der Waals surface area contributed by atoms with Crippen molar-refractivity contribution in [3.63, 3.8) is 0 Å². The number of H-pyrrole nitrogens is 1. The molecule has 5 aromatic rings. The molecule has 0 spiro atoms. The lowest BCUT2D eigenvalue weighted by Crippen LogP contribution is -2.44. The number of carbonyl (C=O) groups is 1. The number of aromatic nitrogens is 3. The topological polar surface area (TPSA) is 107 Å². The minimum atomic E-state index is -0.202. The molecule has 9 nitrogen and oxygen atoms in total. The lowest BCUT2D eigenvalue weighted by Gasteiger charge is -2.34. The highest BCUT2D eigenvalue weighted by molar-refractivity contribution is 6.06. The molecule has 0 radical (unpaired) electrons. The molecule has 2 aromatic heterocycles. The van der Waals surface area contributed by atoms with E-state index in [1.807, 2.05) is 49.4 Å². The second-order valence-electron chi connectivity index (χ2n) is 10.4. The molecule has 0 atom stereocenters. The van der Waals surface area contributed by atoms with Crippen LogP contribution in [0.3, 0.4) is 0 Å². The highest BCUT2D eigenvalue weighted by Crippen LogP contribution is 2.36. The summed E-state index contributed by atoms with van der Waals surface area (Å²) in [5, 5.41) is 13.7. The lowest BCUT2D eigenvalue weighted by atomic mass is 10.0. The highest BCUT2D eigenvalue weighted by Gasteiger charge is 2.18. The minimum absolute atomic E-state index is 0.0892. The summed E-state index contributed by atoms with van der Waals surface area (Å²) in [6.07, 6.45) is 1.67. The van der Waals surface area contributed by atoms with Crippen LogP contribution in [-0.4, -0.2) is 71.2 Å². The third-order valence-corrected chi connectivity index (χ3v) is 7.56. The van der Waals surface area contributed by atoms with Crippen molar-refractivity contribution >= 4 is 28.3 Å². The van der Waals surface area contributed by atoms with Crippen molar-refractivity contribution < 1.29 is 14.6 Å². The van der Waals surface area contributed by atoms with Crippen molar-refractivity contribution in [2.45, 2.75) is 6.92 Å². The largest absolute Gasteiger partial charge is 0.507 e. The highest BCUT2D eigenvalue weighted by atomic mass is 16.5. The number of fused-ring (bicyclic) bond motifs is 1. The Balaban J connectivity index is 1.25. The number of amides is 1. The van der Waals surface area contributed by atoms with Gasteiger partial charge in [0, 0.05) is 54.9 Å². The summed E-state index contributed by atoms with van der Waals surface area (Å²) in [6.45, 7) is 5.99. The van der Waals surface area contributed by atoms with Crippen molar-refractivity contribution in [3.05, 3.63) is 84.1 Å². The molecular weight excluding hydrogens is 516 g/mol. The Bertz CT molecular complexity index is 1720. The van der Waals surface area contributed by atoms with E-state index in [-0.39, 0.29) is 11.7 Å². The van der Waals surface area contributed by atoms with Crippen molar-refractivity contribution in [3.8, 4) is 34.1 Å². The third-order valence-electron chi connectivity index (χ3n) is 7.56. The van der Waals surface area contributed by atoms with Crippen LogP contribution in [0.5, 0.6) is 11.6 Å². The number of methoxy groups -OCH3 is 1. The molecule has 3 aromatic carbocycles. The molecule has 208 valence electrons. The van der Waals surface area contributed by atoms with Crippen LogP contribution < -0.4 is 15.0 Å². The average Bonchev–Trinajstić information content (AvgIpc) is 3.43. The summed E-state index contributed by atoms with van der Waals surface area (Å²) in [4.78, 5) is 30.2. The standard InChI is InChI=1S/C32H32N6O3/c1-20-17-22(31(40)34-23-7-9-24(10-8-23)38-15-13-37(2)14-16-38)19-27-29(20)36-30(35-27)26-18-21(6-11-28(26)39)25-5-4-12-33-32(25)41-3/h4-12,17-19,39H,13-16H2,1-3H3,(H,34,40)(H,35,36). The van der Waals surface area contributed by atoms with Gasteiger partial charge in [0.25, 0.3) is 5.91 Å². The number of benzene rings is 3.